The molecule has 1 aromatic heterocycles. The summed E-state index contributed by atoms with van der Waals surface area (Å²) in [6.07, 6.45) is 2.32. The Balaban J connectivity index is 1.99. The molecule has 29 heavy (non-hydrogen) atoms. The normalized spacial score (nSPS) is 15.7. The summed E-state index contributed by atoms with van der Waals surface area (Å²) in [4.78, 5) is 37.4. The Kier molecular flexibility index (Phi) is 6.02. The second kappa shape index (κ2) is 8.32. The number of carbonyl (C=O) groups is 2. The molecule has 1 amide bonds. The third kappa shape index (κ3) is 4.32. The molecule has 0 fully saturated rings. The molecule has 2 aromatic rings. The SMILES string of the molecule is Cc1c(C(=O)Nc2sc3c(c2C(=O)OC(C)C)CCC(C)C3)cccc1[N+](=O)[O-]. The van der Waals surface area contributed by atoms with E-state index in [0.717, 1.165) is 29.7 Å². The van der Waals surface area contributed by atoms with Crippen LogP contribution in [0.15, 0.2) is 18.2 Å². The van der Waals surface area contributed by atoms with Gasteiger partial charge in [-0.25, -0.2) is 4.79 Å². The number of esters is 1. The third-order valence-corrected chi connectivity index (χ3v) is 6.20. The first-order chi connectivity index (χ1) is 13.7. The monoisotopic (exact) mass is 416 g/mol. The van der Waals surface area contributed by atoms with Crippen molar-refractivity contribution in [1.29, 1.82) is 0 Å². The van der Waals surface area contributed by atoms with Gasteiger partial charge in [0.2, 0.25) is 0 Å². The van der Waals surface area contributed by atoms with Crippen LogP contribution in [-0.2, 0) is 17.6 Å². The quantitative estimate of drug-likeness (QED) is 0.424. The van der Waals surface area contributed by atoms with Crippen LogP contribution in [0.1, 0.15) is 63.9 Å². The smallest absolute Gasteiger partial charge is 0.341 e. The van der Waals surface area contributed by atoms with E-state index in [1.54, 1.807) is 26.8 Å². The van der Waals surface area contributed by atoms with Gasteiger partial charge in [-0.2, -0.15) is 0 Å². The molecule has 0 spiro atoms. The number of hydrogen-bond donors (Lipinski definition) is 1. The molecule has 8 heteroatoms. The van der Waals surface area contributed by atoms with E-state index in [1.807, 2.05) is 0 Å². The minimum atomic E-state index is -0.511. The van der Waals surface area contributed by atoms with Gasteiger partial charge in [0.1, 0.15) is 5.00 Å². The van der Waals surface area contributed by atoms with Gasteiger partial charge in [0.25, 0.3) is 11.6 Å². The lowest BCUT2D eigenvalue weighted by Crippen LogP contribution is -2.19. The molecule has 3 rings (SSSR count). The maximum absolute atomic E-state index is 12.9. The van der Waals surface area contributed by atoms with Crippen molar-refractivity contribution in [2.75, 3.05) is 5.32 Å². The second-order valence-corrected chi connectivity index (χ2v) is 8.78. The van der Waals surface area contributed by atoms with Gasteiger partial charge in [0.05, 0.1) is 16.6 Å². The molecule has 7 nitrogen and oxygen atoms in total. The summed E-state index contributed by atoms with van der Waals surface area (Å²) in [6.45, 7) is 7.27. The van der Waals surface area contributed by atoms with Crippen molar-refractivity contribution in [1.82, 2.24) is 0 Å². The van der Waals surface area contributed by atoms with Crippen LogP contribution < -0.4 is 5.32 Å². The van der Waals surface area contributed by atoms with E-state index in [9.17, 15) is 19.7 Å². The first kappa shape index (κ1) is 21.0. The number of nitro groups is 1. The van der Waals surface area contributed by atoms with Crippen LogP contribution in [0, 0.1) is 23.0 Å². The maximum Gasteiger partial charge on any atom is 0.341 e. The molecule has 1 unspecified atom stereocenters. The van der Waals surface area contributed by atoms with E-state index in [1.165, 1.54) is 23.5 Å². The van der Waals surface area contributed by atoms with Crippen molar-refractivity contribution in [2.45, 2.75) is 53.1 Å². The van der Waals surface area contributed by atoms with Gasteiger partial charge in [-0.3, -0.25) is 14.9 Å². The summed E-state index contributed by atoms with van der Waals surface area (Å²) in [5.41, 5.74) is 1.75. The Labute approximate surface area is 173 Å². The number of thiophene rings is 1. The molecule has 0 saturated heterocycles. The number of amides is 1. The molecule has 1 aliphatic carbocycles. The molecule has 1 aromatic carbocycles. The minimum absolute atomic E-state index is 0.114. The summed E-state index contributed by atoms with van der Waals surface area (Å²) < 4.78 is 5.42. The average Bonchev–Trinajstić information content (AvgIpc) is 2.97. The van der Waals surface area contributed by atoms with E-state index in [2.05, 4.69) is 12.2 Å². The molecule has 1 atom stereocenters. The largest absolute Gasteiger partial charge is 0.459 e. The predicted octanol–water partition coefficient (Wildman–Crippen LogP) is 4.91. The molecule has 154 valence electrons. The standard InChI is InChI=1S/C21H24N2O5S/c1-11(2)28-21(25)18-15-9-8-12(3)10-17(15)29-20(18)22-19(24)14-6-5-7-16(13(14)4)23(26)27/h5-7,11-12H,8-10H2,1-4H3,(H,22,24). The van der Waals surface area contributed by atoms with Gasteiger partial charge in [-0.15, -0.1) is 11.3 Å². The van der Waals surface area contributed by atoms with Gasteiger partial charge in [-0.1, -0.05) is 13.0 Å². The van der Waals surface area contributed by atoms with Crippen LogP contribution in [0.2, 0.25) is 0 Å². The number of ether oxygens (including phenoxy) is 1. The zero-order valence-electron chi connectivity index (χ0n) is 16.9. The van der Waals surface area contributed by atoms with Crippen LogP contribution in [0.5, 0.6) is 0 Å². The van der Waals surface area contributed by atoms with Gasteiger partial charge < -0.3 is 10.1 Å². The van der Waals surface area contributed by atoms with Gasteiger partial charge in [0.15, 0.2) is 0 Å². The first-order valence-corrected chi connectivity index (χ1v) is 10.4. The van der Waals surface area contributed by atoms with Crippen molar-refractivity contribution < 1.29 is 19.2 Å². The van der Waals surface area contributed by atoms with Crippen LogP contribution in [-0.4, -0.2) is 22.9 Å². The van der Waals surface area contributed by atoms with E-state index in [4.69, 9.17) is 4.74 Å². The predicted molar refractivity (Wildman–Crippen MR) is 112 cm³/mol. The molecule has 0 bridgehead atoms. The van der Waals surface area contributed by atoms with Crippen LogP contribution in [0.25, 0.3) is 0 Å². The number of hydrogen-bond acceptors (Lipinski definition) is 6. The number of rotatable bonds is 5. The lowest BCUT2D eigenvalue weighted by Gasteiger charge is -2.19. The Morgan fingerprint density at radius 1 is 1.34 bits per heavy atom. The minimum Gasteiger partial charge on any atom is -0.459 e. The molecule has 0 aliphatic heterocycles. The van der Waals surface area contributed by atoms with Crippen molar-refractivity contribution in [2.24, 2.45) is 5.92 Å². The van der Waals surface area contributed by atoms with E-state index in [0.29, 0.717) is 16.5 Å². The lowest BCUT2D eigenvalue weighted by molar-refractivity contribution is -0.385. The summed E-state index contributed by atoms with van der Waals surface area (Å²) >= 11 is 1.39. The first-order valence-electron chi connectivity index (χ1n) is 9.59. The van der Waals surface area contributed by atoms with Gasteiger partial charge in [0, 0.05) is 22.1 Å². The Hall–Kier alpha value is -2.74. The van der Waals surface area contributed by atoms with Gasteiger partial charge in [-0.05, 0) is 57.6 Å². The number of nitro benzene ring substituents is 1. The summed E-state index contributed by atoms with van der Waals surface area (Å²) in [7, 11) is 0. The Bertz CT molecular complexity index is 980. The lowest BCUT2D eigenvalue weighted by atomic mass is 9.88. The highest BCUT2D eigenvalue weighted by Gasteiger charge is 2.30. The number of fused-ring (bicyclic) bond motifs is 1. The fraction of sp³-hybridized carbons (Fsp3) is 0.429. The molecule has 1 N–H and O–H groups in total. The summed E-state index contributed by atoms with van der Waals surface area (Å²) in [6, 6.07) is 4.39. The summed E-state index contributed by atoms with van der Waals surface area (Å²) in [5, 5.41) is 14.4. The number of nitrogens with one attached hydrogen (secondary N) is 1. The third-order valence-electron chi connectivity index (χ3n) is 5.03. The van der Waals surface area contributed by atoms with E-state index < -0.39 is 16.8 Å². The highest BCUT2D eigenvalue weighted by molar-refractivity contribution is 7.17. The average molecular weight is 416 g/mol. The van der Waals surface area contributed by atoms with Crippen LogP contribution >= 0.6 is 11.3 Å². The van der Waals surface area contributed by atoms with Crippen molar-refractivity contribution >= 4 is 33.9 Å². The van der Waals surface area contributed by atoms with Crippen LogP contribution in [0.4, 0.5) is 10.7 Å². The number of benzene rings is 1. The molecule has 0 radical (unpaired) electrons. The number of carbonyl (C=O) groups excluding carboxylic acids is 2. The van der Waals surface area contributed by atoms with Gasteiger partial charge >= 0.3 is 5.97 Å². The van der Waals surface area contributed by atoms with E-state index >= 15 is 0 Å². The molecule has 0 saturated carbocycles. The highest BCUT2D eigenvalue weighted by atomic mass is 32.1. The van der Waals surface area contributed by atoms with Crippen molar-refractivity contribution in [3.63, 3.8) is 0 Å². The van der Waals surface area contributed by atoms with Crippen molar-refractivity contribution in [3.05, 3.63) is 55.4 Å². The van der Waals surface area contributed by atoms with Crippen LogP contribution in [0.3, 0.4) is 0 Å². The fourth-order valence-corrected chi connectivity index (χ4v) is 4.96. The molecule has 1 heterocycles. The highest BCUT2D eigenvalue weighted by Crippen LogP contribution is 2.40. The zero-order valence-corrected chi connectivity index (χ0v) is 17.7. The number of anilines is 1. The Morgan fingerprint density at radius 3 is 2.72 bits per heavy atom. The maximum atomic E-state index is 12.9. The molecule has 1 aliphatic rings. The van der Waals surface area contributed by atoms with Crippen molar-refractivity contribution in [3.8, 4) is 0 Å². The zero-order chi connectivity index (χ0) is 21.3. The fourth-order valence-electron chi connectivity index (χ4n) is 3.57. The number of nitrogens with zero attached hydrogens (tertiary/aromatic N) is 1. The molecular formula is C21H24N2O5S. The summed E-state index contributed by atoms with van der Waals surface area (Å²) in [5.74, 6) is -0.410. The Morgan fingerprint density at radius 2 is 2.07 bits per heavy atom. The van der Waals surface area contributed by atoms with E-state index in [-0.39, 0.29) is 22.9 Å². The topological polar surface area (TPSA) is 98.5 Å². The molecular weight excluding hydrogens is 392 g/mol. The second-order valence-electron chi connectivity index (χ2n) is 7.67.